The molecule has 0 unspecified atom stereocenters. The van der Waals surface area contributed by atoms with Gasteiger partial charge in [-0.15, -0.1) is 0 Å². The van der Waals surface area contributed by atoms with Crippen LogP contribution in [0, 0.1) is 6.92 Å². The van der Waals surface area contributed by atoms with Crippen molar-refractivity contribution in [2.45, 2.75) is 32.7 Å². The normalized spacial score (nSPS) is 12.9. The summed E-state index contributed by atoms with van der Waals surface area (Å²) in [6.07, 6.45) is 5.25. The number of hydrogen-bond donors (Lipinski definition) is 1. The number of aromatic nitrogens is 2. The lowest BCUT2D eigenvalue weighted by Gasteiger charge is -2.11. The maximum Gasteiger partial charge on any atom is 0.273 e. The minimum absolute atomic E-state index is 0.1000. The summed E-state index contributed by atoms with van der Waals surface area (Å²) in [5.74, 6) is 0.732. The van der Waals surface area contributed by atoms with Crippen LogP contribution >= 0.6 is 0 Å². The number of carbonyl (C=O) groups is 1. The van der Waals surface area contributed by atoms with Crippen LogP contribution in [0.3, 0.4) is 0 Å². The SMILES string of the molecule is COc1ccc(-c2cn3c(C(=O)Nc4ccccc4)c(-c4ccc(C)cc4)c4c3n2CCCC4)cc1. The number of hydrogen-bond acceptors (Lipinski definition) is 2. The molecule has 0 atom stereocenters. The first kappa shape index (κ1) is 22.2. The fourth-order valence-electron chi connectivity index (χ4n) is 5.34. The molecule has 5 aromatic rings. The molecule has 0 saturated carbocycles. The molecule has 1 aliphatic rings. The molecule has 0 aliphatic carbocycles. The van der Waals surface area contributed by atoms with Gasteiger partial charge in [0.25, 0.3) is 5.91 Å². The first-order chi connectivity index (χ1) is 17.6. The van der Waals surface area contributed by atoms with E-state index in [2.05, 4.69) is 63.8 Å². The third kappa shape index (κ3) is 3.77. The quantitative estimate of drug-likeness (QED) is 0.298. The number of benzene rings is 3. The number of nitrogens with zero attached hydrogens (tertiary/aromatic N) is 2. The summed E-state index contributed by atoms with van der Waals surface area (Å²) in [4.78, 5) is 13.9. The molecule has 1 amide bonds. The van der Waals surface area contributed by atoms with Gasteiger partial charge in [0.1, 0.15) is 17.1 Å². The van der Waals surface area contributed by atoms with E-state index in [-0.39, 0.29) is 5.91 Å². The molecule has 2 aromatic heterocycles. The predicted molar refractivity (Wildman–Crippen MR) is 145 cm³/mol. The van der Waals surface area contributed by atoms with E-state index in [0.29, 0.717) is 5.69 Å². The standard InChI is InChI=1S/C31H29N3O2/c1-21-11-13-23(14-12-21)28-26-10-6-7-19-33-27(22-15-17-25(36-2)18-16-22)20-34(31(26)33)29(28)30(35)32-24-8-4-3-5-9-24/h3-5,8-9,11-18,20H,6-7,10,19H2,1-2H3,(H,32,35). The lowest BCUT2D eigenvalue weighted by molar-refractivity contribution is 0.102. The molecule has 180 valence electrons. The molecular formula is C31H29N3O2. The first-order valence-corrected chi connectivity index (χ1v) is 12.5. The number of para-hydroxylation sites is 1. The van der Waals surface area contributed by atoms with Gasteiger partial charge in [0.05, 0.1) is 12.8 Å². The number of amides is 1. The summed E-state index contributed by atoms with van der Waals surface area (Å²) < 4.78 is 9.88. The van der Waals surface area contributed by atoms with Crippen molar-refractivity contribution in [1.29, 1.82) is 0 Å². The minimum Gasteiger partial charge on any atom is -0.497 e. The lowest BCUT2D eigenvalue weighted by Crippen LogP contribution is -2.15. The number of carbonyl (C=O) groups excluding carboxylic acids is 1. The molecule has 3 aromatic carbocycles. The Morgan fingerprint density at radius 3 is 2.33 bits per heavy atom. The third-order valence-electron chi connectivity index (χ3n) is 7.11. The Hall–Kier alpha value is -4.25. The summed E-state index contributed by atoms with van der Waals surface area (Å²) >= 11 is 0. The van der Waals surface area contributed by atoms with Crippen molar-refractivity contribution < 1.29 is 9.53 Å². The molecule has 0 spiro atoms. The largest absolute Gasteiger partial charge is 0.497 e. The van der Waals surface area contributed by atoms with Crippen LogP contribution in [0.5, 0.6) is 5.75 Å². The highest BCUT2D eigenvalue weighted by Crippen LogP contribution is 2.40. The van der Waals surface area contributed by atoms with Crippen molar-refractivity contribution in [2.24, 2.45) is 0 Å². The zero-order valence-electron chi connectivity index (χ0n) is 20.6. The summed E-state index contributed by atoms with van der Waals surface area (Å²) in [7, 11) is 1.68. The molecule has 0 saturated heterocycles. The van der Waals surface area contributed by atoms with Crippen molar-refractivity contribution in [3.63, 3.8) is 0 Å². The third-order valence-corrected chi connectivity index (χ3v) is 7.11. The molecule has 36 heavy (non-hydrogen) atoms. The van der Waals surface area contributed by atoms with E-state index in [1.54, 1.807) is 7.11 Å². The Morgan fingerprint density at radius 2 is 1.61 bits per heavy atom. The number of nitrogens with one attached hydrogen (secondary N) is 1. The fraction of sp³-hybridized carbons (Fsp3) is 0.194. The van der Waals surface area contributed by atoms with Gasteiger partial charge in [-0.3, -0.25) is 9.20 Å². The van der Waals surface area contributed by atoms with Crippen LogP contribution in [0.2, 0.25) is 0 Å². The zero-order chi connectivity index (χ0) is 24.6. The van der Waals surface area contributed by atoms with Crippen LogP contribution in [-0.4, -0.2) is 22.0 Å². The van der Waals surface area contributed by atoms with Crippen molar-refractivity contribution >= 4 is 17.2 Å². The Morgan fingerprint density at radius 1 is 0.889 bits per heavy atom. The second-order valence-electron chi connectivity index (χ2n) is 9.43. The summed E-state index contributed by atoms with van der Waals surface area (Å²) in [6.45, 7) is 3.01. The number of methoxy groups -OCH3 is 1. The second-order valence-corrected chi connectivity index (χ2v) is 9.43. The van der Waals surface area contributed by atoms with Crippen LogP contribution in [0.4, 0.5) is 5.69 Å². The van der Waals surface area contributed by atoms with E-state index in [0.717, 1.165) is 65.3 Å². The van der Waals surface area contributed by atoms with Gasteiger partial charge >= 0.3 is 0 Å². The molecular weight excluding hydrogens is 446 g/mol. The van der Waals surface area contributed by atoms with Gasteiger partial charge in [0, 0.05) is 29.6 Å². The highest BCUT2D eigenvalue weighted by atomic mass is 16.5. The number of ether oxygens (including phenoxy) is 1. The van der Waals surface area contributed by atoms with Gasteiger partial charge in [0.2, 0.25) is 0 Å². The number of aryl methyl sites for hydroxylation is 3. The summed E-state index contributed by atoms with van der Waals surface area (Å²) in [5, 5.41) is 3.14. The average molecular weight is 476 g/mol. The van der Waals surface area contributed by atoms with E-state index in [4.69, 9.17) is 4.74 Å². The van der Waals surface area contributed by atoms with Crippen molar-refractivity contribution in [1.82, 2.24) is 8.97 Å². The van der Waals surface area contributed by atoms with Crippen molar-refractivity contribution in [2.75, 3.05) is 12.4 Å². The number of rotatable bonds is 5. The van der Waals surface area contributed by atoms with Gasteiger partial charge in [-0.2, -0.15) is 0 Å². The predicted octanol–water partition coefficient (Wildman–Crippen LogP) is 6.98. The Labute approximate surface area is 211 Å². The van der Waals surface area contributed by atoms with Gasteiger partial charge in [-0.1, -0.05) is 48.0 Å². The molecule has 0 bridgehead atoms. The summed E-state index contributed by atoms with van der Waals surface area (Å²) in [5.41, 5.74) is 9.38. The van der Waals surface area contributed by atoms with E-state index < -0.39 is 0 Å². The maximum atomic E-state index is 13.9. The molecule has 0 fully saturated rings. The van der Waals surface area contributed by atoms with Gasteiger partial charge < -0.3 is 14.6 Å². The maximum absolute atomic E-state index is 13.9. The monoisotopic (exact) mass is 475 g/mol. The van der Waals surface area contributed by atoms with Gasteiger partial charge in [-0.05, 0) is 73.7 Å². The van der Waals surface area contributed by atoms with E-state index in [1.807, 2.05) is 42.5 Å². The molecule has 3 heterocycles. The fourth-order valence-corrected chi connectivity index (χ4v) is 5.34. The molecule has 5 heteroatoms. The smallest absolute Gasteiger partial charge is 0.273 e. The highest BCUT2D eigenvalue weighted by molar-refractivity contribution is 6.10. The van der Waals surface area contributed by atoms with Crippen LogP contribution in [0.25, 0.3) is 28.0 Å². The van der Waals surface area contributed by atoms with Crippen LogP contribution in [0.1, 0.15) is 34.5 Å². The molecule has 1 N–H and O–H groups in total. The van der Waals surface area contributed by atoms with Crippen molar-refractivity contribution in [3.8, 4) is 28.1 Å². The number of anilines is 1. The average Bonchev–Trinajstić information content (AvgIpc) is 3.32. The molecule has 6 rings (SSSR count). The topological polar surface area (TPSA) is 47.7 Å². The Balaban J connectivity index is 1.60. The highest BCUT2D eigenvalue weighted by Gasteiger charge is 2.29. The minimum atomic E-state index is -0.1000. The Kier molecular flexibility index (Phi) is 5.61. The van der Waals surface area contributed by atoms with E-state index >= 15 is 0 Å². The zero-order valence-corrected chi connectivity index (χ0v) is 20.6. The van der Waals surface area contributed by atoms with Gasteiger partial charge in [0.15, 0.2) is 0 Å². The molecule has 5 nitrogen and oxygen atoms in total. The first-order valence-electron chi connectivity index (χ1n) is 12.5. The van der Waals surface area contributed by atoms with E-state index in [1.165, 1.54) is 11.1 Å². The molecule has 1 aliphatic heterocycles. The molecule has 0 radical (unpaired) electrons. The van der Waals surface area contributed by atoms with Crippen LogP contribution < -0.4 is 10.1 Å². The Bertz CT molecular complexity index is 1540. The second kappa shape index (κ2) is 9.08. The van der Waals surface area contributed by atoms with Crippen LogP contribution in [-0.2, 0) is 13.0 Å². The van der Waals surface area contributed by atoms with Crippen LogP contribution in [0.15, 0.2) is 85.1 Å². The summed E-state index contributed by atoms with van der Waals surface area (Å²) in [6, 6.07) is 26.4. The lowest BCUT2D eigenvalue weighted by atomic mass is 9.97. The van der Waals surface area contributed by atoms with Gasteiger partial charge in [-0.25, -0.2) is 0 Å². The number of imidazole rings is 1. The van der Waals surface area contributed by atoms with E-state index in [9.17, 15) is 4.79 Å². The van der Waals surface area contributed by atoms with Crippen molar-refractivity contribution in [3.05, 3.63) is 102 Å².